The number of hydrogen-bond acceptors (Lipinski definition) is 2. The van der Waals surface area contributed by atoms with Crippen molar-refractivity contribution in [2.24, 2.45) is 0 Å². The standard InChI is InChI=1S/C52H34N4/c1-4-17-35(18-5-1)40-25-10-11-26-41(40)45-34-44(53-52(54-45)36-19-6-2-7-20-36)37-21-16-24-39(33-37)56-47-30-15-13-28-43(47)51-49(56)32-31-48-50(51)42-27-12-14-29-46(42)55(48)38-22-8-3-9-23-38/h1-34H. The molecular formula is C52H34N4. The molecule has 11 rings (SSSR count). The van der Waals surface area contributed by atoms with Crippen LogP contribution in [-0.2, 0) is 0 Å². The first-order valence-corrected chi connectivity index (χ1v) is 19.0. The van der Waals surface area contributed by atoms with Crippen LogP contribution in [0.2, 0.25) is 0 Å². The second-order valence-corrected chi connectivity index (χ2v) is 14.2. The maximum Gasteiger partial charge on any atom is 0.160 e. The minimum absolute atomic E-state index is 0.695. The van der Waals surface area contributed by atoms with Gasteiger partial charge in [0, 0.05) is 49.6 Å². The SMILES string of the molecule is c1ccc(-c2nc(-c3cccc(-n4c5ccccc5c5c6c7ccccc7n(-c7ccccc7)c6ccc54)c3)cc(-c3ccccc3-c3ccccc3)n2)cc1. The van der Waals surface area contributed by atoms with Crippen molar-refractivity contribution in [2.75, 3.05) is 0 Å². The van der Waals surface area contributed by atoms with E-state index < -0.39 is 0 Å². The Labute approximate surface area is 324 Å². The summed E-state index contributed by atoms with van der Waals surface area (Å²) in [5.74, 6) is 0.695. The van der Waals surface area contributed by atoms with Crippen LogP contribution in [0.15, 0.2) is 206 Å². The lowest BCUT2D eigenvalue weighted by atomic mass is 9.96. The van der Waals surface area contributed by atoms with Crippen LogP contribution < -0.4 is 0 Å². The van der Waals surface area contributed by atoms with E-state index in [0.29, 0.717) is 5.82 Å². The summed E-state index contributed by atoms with van der Waals surface area (Å²) in [6.07, 6.45) is 0. The molecule has 0 saturated carbocycles. The highest BCUT2D eigenvalue weighted by molar-refractivity contribution is 6.28. The number of aromatic nitrogens is 4. The van der Waals surface area contributed by atoms with E-state index in [4.69, 9.17) is 9.97 Å². The van der Waals surface area contributed by atoms with E-state index >= 15 is 0 Å². The van der Waals surface area contributed by atoms with E-state index in [0.717, 1.165) is 61.6 Å². The van der Waals surface area contributed by atoms with Gasteiger partial charge < -0.3 is 9.13 Å². The Kier molecular flexibility index (Phi) is 7.46. The number of rotatable bonds is 6. The molecule has 0 atom stereocenters. The molecule has 0 aliphatic heterocycles. The van der Waals surface area contributed by atoms with Gasteiger partial charge in [-0.25, -0.2) is 9.97 Å². The fraction of sp³-hybridized carbons (Fsp3) is 0. The zero-order valence-corrected chi connectivity index (χ0v) is 30.4. The lowest BCUT2D eigenvalue weighted by molar-refractivity contribution is 1.16. The normalized spacial score (nSPS) is 11.6. The molecule has 0 aliphatic carbocycles. The van der Waals surface area contributed by atoms with Gasteiger partial charge in [-0.1, -0.05) is 152 Å². The number of nitrogens with zero attached hydrogens (tertiary/aromatic N) is 4. The Morgan fingerprint density at radius 1 is 0.304 bits per heavy atom. The van der Waals surface area contributed by atoms with Gasteiger partial charge in [-0.15, -0.1) is 0 Å². The van der Waals surface area contributed by atoms with Crippen molar-refractivity contribution in [3.05, 3.63) is 206 Å². The van der Waals surface area contributed by atoms with E-state index in [2.05, 4.69) is 197 Å². The van der Waals surface area contributed by atoms with Gasteiger partial charge in [0.25, 0.3) is 0 Å². The van der Waals surface area contributed by atoms with Gasteiger partial charge in [0.15, 0.2) is 5.82 Å². The van der Waals surface area contributed by atoms with Crippen LogP contribution in [-0.4, -0.2) is 19.1 Å². The van der Waals surface area contributed by atoms with E-state index in [9.17, 15) is 0 Å². The van der Waals surface area contributed by atoms with E-state index in [-0.39, 0.29) is 0 Å². The third kappa shape index (κ3) is 5.15. The summed E-state index contributed by atoms with van der Waals surface area (Å²) in [5.41, 5.74) is 14.0. The second-order valence-electron chi connectivity index (χ2n) is 14.2. The molecule has 0 amide bonds. The second kappa shape index (κ2) is 13.1. The monoisotopic (exact) mass is 714 g/mol. The third-order valence-electron chi connectivity index (χ3n) is 10.9. The highest BCUT2D eigenvalue weighted by Gasteiger charge is 2.21. The van der Waals surface area contributed by atoms with Crippen molar-refractivity contribution in [2.45, 2.75) is 0 Å². The van der Waals surface area contributed by atoms with Crippen molar-refractivity contribution < 1.29 is 0 Å². The molecule has 262 valence electrons. The third-order valence-corrected chi connectivity index (χ3v) is 10.9. The molecule has 11 aromatic rings. The smallest absolute Gasteiger partial charge is 0.160 e. The lowest BCUT2D eigenvalue weighted by Crippen LogP contribution is -1.98. The van der Waals surface area contributed by atoms with Crippen molar-refractivity contribution in [3.63, 3.8) is 0 Å². The number of benzene rings is 8. The van der Waals surface area contributed by atoms with Crippen molar-refractivity contribution >= 4 is 43.6 Å². The average Bonchev–Trinajstić information content (AvgIpc) is 3.80. The minimum atomic E-state index is 0.695. The van der Waals surface area contributed by atoms with Gasteiger partial charge in [-0.3, -0.25) is 0 Å². The topological polar surface area (TPSA) is 35.6 Å². The Balaban J connectivity index is 1.14. The Morgan fingerprint density at radius 3 is 1.45 bits per heavy atom. The Morgan fingerprint density at radius 2 is 0.786 bits per heavy atom. The van der Waals surface area contributed by atoms with E-state index in [1.165, 1.54) is 32.6 Å². The zero-order valence-electron chi connectivity index (χ0n) is 30.4. The van der Waals surface area contributed by atoms with Crippen molar-refractivity contribution in [1.82, 2.24) is 19.1 Å². The molecule has 0 bridgehead atoms. The molecule has 4 nitrogen and oxygen atoms in total. The van der Waals surface area contributed by atoms with Crippen LogP contribution >= 0.6 is 0 Å². The molecule has 0 radical (unpaired) electrons. The molecule has 56 heavy (non-hydrogen) atoms. The maximum absolute atomic E-state index is 5.23. The number of fused-ring (bicyclic) bond motifs is 7. The van der Waals surface area contributed by atoms with Gasteiger partial charge in [-0.2, -0.15) is 0 Å². The quantitative estimate of drug-likeness (QED) is 0.172. The highest BCUT2D eigenvalue weighted by Crippen LogP contribution is 2.43. The molecule has 4 heteroatoms. The molecule has 0 N–H and O–H groups in total. The summed E-state index contributed by atoms with van der Waals surface area (Å²) >= 11 is 0. The first-order chi connectivity index (χ1) is 27.8. The average molecular weight is 715 g/mol. The van der Waals surface area contributed by atoms with Crippen molar-refractivity contribution in [1.29, 1.82) is 0 Å². The largest absolute Gasteiger partial charge is 0.309 e. The summed E-state index contributed by atoms with van der Waals surface area (Å²) in [6.45, 7) is 0. The van der Waals surface area contributed by atoms with Crippen LogP contribution in [0, 0.1) is 0 Å². The molecule has 0 spiro atoms. The fourth-order valence-electron chi connectivity index (χ4n) is 8.48. The molecular weight excluding hydrogens is 681 g/mol. The first kappa shape index (κ1) is 31.9. The van der Waals surface area contributed by atoms with Gasteiger partial charge in [0.05, 0.1) is 33.5 Å². The van der Waals surface area contributed by atoms with Gasteiger partial charge >= 0.3 is 0 Å². The van der Waals surface area contributed by atoms with Crippen LogP contribution in [0.25, 0.3) is 100 Å². The molecule has 3 aromatic heterocycles. The predicted molar refractivity (Wildman–Crippen MR) is 232 cm³/mol. The maximum atomic E-state index is 5.23. The molecule has 0 unspecified atom stereocenters. The van der Waals surface area contributed by atoms with E-state index in [1.54, 1.807) is 0 Å². The molecule has 3 heterocycles. The first-order valence-electron chi connectivity index (χ1n) is 19.0. The van der Waals surface area contributed by atoms with Crippen LogP contribution in [0.5, 0.6) is 0 Å². The van der Waals surface area contributed by atoms with E-state index in [1.807, 2.05) is 18.2 Å². The number of hydrogen-bond donors (Lipinski definition) is 0. The summed E-state index contributed by atoms with van der Waals surface area (Å²) in [5, 5.41) is 4.98. The summed E-state index contributed by atoms with van der Waals surface area (Å²) in [7, 11) is 0. The van der Waals surface area contributed by atoms with Gasteiger partial charge in [0.2, 0.25) is 0 Å². The summed E-state index contributed by atoms with van der Waals surface area (Å²) in [6, 6.07) is 73.0. The summed E-state index contributed by atoms with van der Waals surface area (Å²) in [4.78, 5) is 10.4. The zero-order chi connectivity index (χ0) is 37.0. The van der Waals surface area contributed by atoms with Gasteiger partial charge in [0.1, 0.15) is 0 Å². The number of para-hydroxylation sites is 3. The fourth-order valence-corrected chi connectivity index (χ4v) is 8.48. The van der Waals surface area contributed by atoms with Crippen LogP contribution in [0.4, 0.5) is 0 Å². The Bertz CT molecular complexity index is 3230. The van der Waals surface area contributed by atoms with Crippen molar-refractivity contribution in [3.8, 4) is 56.4 Å². The highest BCUT2D eigenvalue weighted by atomic mass is 15.0. The molecule has 0 fully saturated rings. The molecule has 0 aliphatic rings. The lowest BCUT2D eigenvalue weighted by Gasteiger charge is -2.14. The molecule has 8 aromatic carbocycles. The molecule has 0 saturated heterocycles. The van der Waals surface area contributed by atoms with Crippen LogP contribution in [0.3, 0.4) is 0 Å². The summed E-state index contributed by atoms with van der Waals surface area (Å²) < 4.78 is 4.80. The van der Waals surface area contributed by atoms with Crippen LogP contribution in [0.1, 0.15) is 0 Å². The Hall–Kier alpha value is -7.56. The minimum Gasteiger partial charge on any atom is -0.309 e. The predicted octanol–water partition coefficient (Wildman–Crippen LogP) is 13.3. The van der Waals surface area contributed by atoms with Gasteiger partial charge in [-0.05, 0) is 65.7 Å².